The Bertz CT molecular complexity index is 672. The van der Waals surface area contributed by atoms with Crippen LogP contribution in [0.25, 0.3) is 0 Å². The van der Waals surface area contributed by atoms with E-state index in [4.69, 9.17) is 4.99 Å². The normalized spacial score (nSPS) is 14.3. The number of hydrogen-bond donors (Lipinski definition) is 2. The number of nitrogens with one attached hydrogen (secondary N) is 2. The van der Waals surface area contributed by atoms with Crippen molar-refractivity contribution in [1.29, 1.82) is 0 Å². The molecule has 7 nitrogen and oxygen atoms in total. The van der Waals surface area contributed by atoms with E-state index in [-0.39, 0.29) is 35.8 Å². The number of nitrogens with zero attached hydrogens (tertiary/aromatic N) is 3. The number of piperazine rings is 1. The van der Waals surface area contributed by atoms with E-state index in [1.165, 1.54) is 0 Å². The van der Waals surface area contributed by atoms with E-state index in [1.54, 1.807) is 6.92 Å². The Labute approximate surface area is 185 Å². The third-order valence-electron chi connectivity index (χ3n) is 4.46. The van der Waals surface area contributed by atoms with Crippen LogP contribution in [0, 0.1) is 0 Å². The van der Waals surface area contributed by atoms with Crippen LogP contribution in [0.4, 0.5) is 5.69 Å². The molecule has 0 saturated carbocycles. The van der Waals surface area contributed by atoms with E-state index in [0.29, 0.717) is 13.0 Å². The minimum absolute atomic E-state index is 0. The molecule has 0 unspecified atom stereocenters. The average Bonchev–Trinajstić information content (AvgIpc) is 2.65. The van der Waals surface area contributed by atoms with Crippen LogP contribution >= 0.6 is 24.0 Å². The van der Waals surface area contributed by atoms with E-state index in [1.807, 2.05) is 43.0 Å². The van der Waals surface area contributed by atoms with Gasteiger partial charge in [0.15, 0.2) is 5.96 Å². The van der Waals surface area contributed by atoms with E-state index >= 15 is 0 Å². The molecule has 0 radical (unpaired) electrons. The van der Waals surface area contributed by atoms with Gasteiger partial charge in [0, 0.05) is 51.8 Å². The average molecular weight is 501 g/mol. The van der Waals surface area contributed by atoms with Crippen molar-refractivity contribution in [1.82, 2.24) is 15.1 Å². The van der Waals surface area contributed by atoms with Gasteiger partial charge >= 0.3 is 0 Å². The summed E-state index contributed by atoms with van der Waals surface area (Å²) in [4.78, 5) is 32.1. The maximum absolute atomic E-state index is 11.8. The molecule has 2 rings (SSSR count). The Morgan fingerprint density at radius 2 is 1.79 bits per heavy atom. The summed E-state index contributed by atoms with van der Waals surface area (Å²) < 4.78 is 0. The van der Waals surface area contributed by atoms with Crippen molar-refractivity contribution < 1.29 is 9.59 Å². The highest BCUT2D eigenvalue weighted by Crippen LogP contribution is 2.13. The van der Waals surface area contributed by atoms with Gasteiger partial charge in [0.2, 0.25) is 11.8 Å². The number of carbonyl (C=O) groups is 2. The molecule has 8 heteroatoms. The van der Waals surface area contributed by atoms with Crippen molar-refractivity contribution in [3.63, 3.8) is 0 Å². The van der Waals surface area contributed by atoms with Gasteiger partial charge in [-0.05, 0) is 31.0 Å². The summed E-state index contributed by atoms with van der Waals surface area (Å²) in [5.41, 5.74) is 1.85. The zero-order chi connectivity index (χ0) is 19.6. The minimum Gasteiger partial charge on any atom is -0.357 e. The molecule has 1 heterocycles. The summed E-state index contributed by atoms with van der Waals surface area (Å²) in [5, 5.41) is 6.26. The summed E-state index contributed by atoms with van der Waals surface area (Å²) in [6, 6.07) is 7.81. The molecule has 0 aliphatic carbocycles. The number of guanidine groups is 1. The maximum Gasteiger partial charge on any atom is 0.224 e. The van der Waals surface area contributed by atoms with Gasteiger partial charge in [0.1, 0.15) is 0 Å². The fourth-order valence-electron chi connectivity index (χ4n) is 3.02. The summed E-state index contributed by atoms with van der Waals surface area (Å²) in [5.74, 6) is 1.02. The first-order valence-electron chi connectivity index (χ1n) is 9.71. The number of amides is 2. The molecule has 0 spiro atoms. The molecule has 2 amide bonds. The van der Waals surface area contributed by atoms with Crippen LogP contribution in [-0.4, -0.2) is 60.3 Å². The molecule has 0 aromatic heterocycles. The molecule has 28 heavy (non-hydrogen) atoms. The molecule has 2 N–H and O–H groups in total. The van der Waals surface area contributed by atoms with Crippen molar-refractivity contribution in [2.45, 2.75) is 40.2 Å². The van der Waals surface area contributed by atoms with E-state index in [2.05, 4.69) is 15.5 Å². The van der Waals surface area contributed by atoms with E-state index < -0.39 is 0 Å². The zero-order valence-electron chi connectivity index (χ0n) is 17.0. The molecule has 1 aromatic carbocycles. The first kappa shape index (κ1) is 24.2. The Hall–Kier alpha value is -1.84. The highest BCUT2D eigenvalue weighted by atomic mass is 127. The van der Waals surface area contributed by atoms with Crippen LogP contribution < -0.4 is 10.6 Å². The smallest absolute Gasteiger partial charge is 0.224 e. The van der Waals surface area contributed by atoms with Crippen molar-refractivity contribution >= 4 is 47.4 Å². The van der Waals surface area contributed by atoms with Gasteiger partial charge in [0.25, 0.3) is 0 Å². The van der Waals surface area contributed by atoms with E-state index in [0.717, 1.165) is 56.4 Å². The van der Waals surface area contributed by atoms with Crippen LogP contribution in [0.2, 0.25) is 0 Å². The number of hydrogen-bond acceptors (Lipinski definition) is 3. The number of benzene rings is 1. The zero-order valence-corrected chi connectivity index (χ0v) is 19.4. The third-order valence-corrected chi connectivity index (χ3v) is 4.46. The first-order valence-corrected chi connectivity index (χ1v) is 9.71. The van der Waals surface area contributed by atoms with Crippen molar-refractivity contribution in [3.8, 4) is 0 Å². The second kappa shape index (κ2) is 12.6. The Morgan fingerprint density at radius 1 is 1.11 bits per heavy atom. The predicted octanol–water partition coefficient (Wildman–Crippen LogP) is 2.67. The van der Waals surface area contributed by atoms with Gasteiger partial charge in [-0.2, -0.15) is 0 Å². The SMILES string of the molecule is CCCC(=O)Nc1cccc(CN=C(NCC)N2CCN(C(C)=O)CC2)c1.I. The van der Waals surface area contributed by atoms with Crippen LogP contribution in [0.5, 0.6) is 0 Å². The van der Waals surface area contributed by atoms with Crippen molar-refractivity contribution in [3.05, 3.63) is 29.8 Å². The number of aliphatic imine (C=N–C) groups is 1. The van der Waals surface area contributed by atoms with Crippen LogP contribution in [0.1, 0.15) is 39.2 Å². The molecule has 1 aliphatic heterocycles. The van der Waals surface area contributed by atoms with Gasteiger partial charge in [-0.3, -0.25) is 9.59 Å². The fourth-order valence-corrected chi connectivity index (χ4v) is 3.02. The van der Waals surface area contributed by atoms with Gasteiger partial charge in [0.05, 0.1) is 6.54 Å². The Balaban J connectivity index is 0.00000392. The largest absolute Gasteiger partial charge is 0.357 e. The van der Waals surface area contributed by atoms with Gasteiger partial charge in [-0.25, -0.2) is 4.99 Å². The number of rotatable bonds is 6. The number of carbonyl (C=O) groups excluding carboxylic acids is 2. The summed E-state index contributed by atoms with van der Waals surface area (Å²) in [7, 11) is 0. The van der Waals surface area contributed by atoms with Crippen LogP contribution in [0.3, 0.4) is 0 Å². The topological polar surface area (TPSA) is 77.0 Å². The lowest BCUT2D eigenvalue weighted by Gasteiger charge is -2.36. The fraction of sp³-hybridized carbons (Fsp3) is 0.550. The highest BCUT2D eigenvalue weighted by Gasteiger charge is 2.20. The Kier molecular flexibility index (Phi) is 10.9. The summed E-state index contributed by atoms with van der Waals surface area (Å²) in [6.45, 7) is 9.97. The summed E-state index contributed by atoms with van der Waals surface area (Å²) in [6.07, 6.45) is 1.36. The quantitative estimate of drug-likeness (QED) is 0.357. The standard InChI is InChI=1S/C20H31N5O2.HI/c1-4-7-19(27)23-18-9-6-8-17(14-18)15-22-20(21-5-2)25-12-10-24(11-13-25)16(3)26;/h6,8-9,14H,4-5,7,10-13,15H2,1-3H3,(H,21,22)(H,23,27);1H. The molecule has 1 aromatic rings. The lowest BCUT2D eigenvalue weighted by Crippen LogP contribution is -2.53. The van der Waals surface area contributed by atoms with Gasteiger partial charge in [-0.1, -0.05) is 19.1 Å². The molecule has 1 saturated heterocycles. The Morgan fingerprint density at radius 3 is 2.39 bits per heavy atom. The van der Waals surface area contributed by atoms with Crippen molar-refractivity contribution in [2.75, 3.05) is 38.0 Å². The summed E-state index contributed by atoms with van der Waals surface area (Å²) >= 11 is 0. The van der Waals surface area contributed by atoms with Crippen molar-refractivity contribution in [2.24, 2.45) is 4.99 Å². The highest BCUT2D eigenvalue weighted by molar-refractivity contribution is 14.0. The van der Waals surface area contributed by atoms with Gasteiger partial charge < -0.3 is 20.4 Å². The van der Waals surface area contributed by atoms with Crippen LogP contribution in [-0.2, 0) is 16.1 Å². The second-order valence-electron chi connectivity index (χ2n) is 6.66. The third kappa shape index (κ3) is 7.65. The molecule has 0 atom stereocenters. The molecular weight excluding hydrogens is 469 g/mol. The van der Waals surface area contributed by atoms with Crippen LogP contribution in [0.15, 0.2) is 29.3 Å². The number of anilines is 1. The van der Waals surface area contributed by atoms with E-state index in [9.17, 15) is 9.59 Å². The first-order chi connectivity index (χ1) is 13.0. The molecule has 1 fully saturated rings. The predicted molar refractivity (Wildman–Crippen MR) is 124 cm³/mol. The monoisotopic (exact) mass is 501 g/mol. The minimum atomic E-state index is 0. The lowest BCUT2D eigenvalue weighted by molar-refractivity contribution is -0.130. The molecule has 156 valence electrons. The maximum atomic E-state index is 11.8. The second-order valence-corrected chi connectivity index (χ2v) is 6.66. The number of halogens is 1. The van der Waals surface area contributed by atoms with Gasteiger partial charge in [-0.15, -0.1) is 24.0 Å². The molecule has 1 aliphatic rings. The molecule has 0 bridgehead atoms. The molecular formula is C20H32IN5O2. The lowest BCUT2D eigenvalue weighted by atomic mass is 10.2.